The number of hydrogen-bond donors (Lipinski definition) is 2. The first-order valence-corrected chi connectivity index (χ1v) is 7.07. The van der Waals surface area contributed by atoms with Gasteiger partial charge in [-0.25, -0.2) is 0 Å². The van der Waals surface area contributed by atoms with Crippen LogP contribution in [0, 0.1) is 11.8 Å². The summed E-state index contributed by atoms with van der Waals surface area (Å²) in [4.78, 5) is 0. The molecule has 2 fully saturated rings. The number of rotatable bonds is 2. The summed E-state index contributed by atoms with van der Waals surface area (Å²) in [6.07, 6.45) is 8.41. The zero-order valence-corrected chi connectivity index (χ0v) is 10.8. The molecule has 2 atom stereocenters. The van der Waals surface area contributed by atoms with E-state index in [1.54, 1.807) is 0 Å². The molecule has 2 rings (SSSR count). The second-order valence-corrected chi connectivity index (χ2v) is 6.29. The largest absolute Gasteiger partial charge is 0.393 e. The van der Waals surface area contributed by atoms with Crippen LogP contribution in [-0.4, -0.2) is 23.3 Å². The first-order valence-electron chi connectivity index (χ1n) is 7.07. The van der Waals surface area contributed by atoms with Crippen molar-refractivity contribution in [3.8, 4) is 0 Å². The van der Waals surface area contributed by atoms with Gasteiger partial charge in [0.2, 0.25) is 0 Å². The maximum absolute atomic E-state index is 9.49. The Labute approximate surface area is 99.8 Å². The topological polar surface area (TPSA) is 32.3 Å². The molecule has 0 heterocycles. The summed E-state index contributed by atoms with van der Waals surface area (Å²) >= 11 is 0. The molecule has 2 saturated carbocycles. The van der Waals surface area contributed by atoms with Crippen LogP contribution in [0.25, 0.3) is 0 Å². The quantitative estimate of drug-likeness (QED) is 0.757. The maximum Gasteiger partial charge on any atom is 0.0541 e. The van der Waals surface area contributed by atoms with E-state index in [1.807, 2.05) is 0 Å². The molecule has 0 saturated heterocycles. The first-order chi connectivity index (χ1) is 7.63. The minimum Gasteiger partial charge on any atom is -0.393 e. The summed E-state index contributed by atoms with van der Waals surface area (Å²) in [7, 11) is 0. The van der Waals surface area contributed by atoms with Crippen LogP contribution in [-0.2, 0) is 0 Å². The highest BCUT2D eigenvalue weighted by Crippen LogP contribution is 2.30. The third kappa shape index (κ3) is 3.46. The number of aliphatic hydroxyl groups excluding tert-OH is 1. The zero-order chi connectivity index (χ0) is 11.5. The van der Waals surface area contributed by atoms with E-state index in [1.165, 1.54) is 32.1 Å². The molecule has 0 spiro atoms. The Kier molecular flexibility index (Phi) is 4.26. The molecular weight excluding hydrogens is 198 g/mol. The summed E-state index contributed by atoms with van der Waals surface area (Å²) < 4.78 is 0. The Morgan fingerprint density at radius 1 is 0.812 bits per heavy atom. The molecule has 0 radical (unpaired) electrons. The average molecular weight is 225 g/mol. The number of hydrogen-bond acceptors (Lipinski definition) is 2. The minimum absolute atomic E-state index is 0.0257. The summed E-state index contributed by atoms with van der Waals surface area (Å²) in [5, 5.41) is 13.3. The molecule has 0 bridgehead atoms. The molecule has 2 N–H and O–H groups in total. The predicted octanol–water partition coefficient (Wildman–Crippen LogP) is 2.70. The molecule has 2 aliphatic rings. The van der Waals surface area contributed by atoms with Crippen LogP contribution >= 0.6 is 0 Å². The van der Waals surface area contributed by atoms with Crippen molar-refractivity contribution in [2.24, 2.45) is 11.8 Å². The van der Waals surface area contributed by atoms with E-state index in [9.17, 15) is 5.11 Å². The highest BCUT2D eigenvalue weighted by Gasteiger charge is 2.27. The van der Waals surface area contributed by atoms with E-state index in [0.717, 1.165) is 30.7 Å². The molecule has 2 heteroatoms. The van der Waals surface area contributed by atoms with Crippen molar-refractivity contribution >= 4 is 0 Å². The van der Waals surface area contributed by atoms with Crippen molar-refractivity contribution in [1.82, 2.24) is 5.32 Å². The fourth-order valence-corrected chi connectivity index (χ4v) is 3.66. The Morgan fingerprint density at radius 3 is 1.94 bits per heavy atom. The normalized spacial score (nSPS) is 45.6. The summed E-state index contributed by atoms with van der Waals surface area (Å²) in [6, 6.07) is 1.41. The fourth-order valence-electron chi connectivity index (χ4n) is 3.66. The van der Waals surface area contributed by atoms with Gasteiger partial charge in [-0.15, -0.1) is 0 Å². The molecule has 0 aromatic rings. The second kappa shape index (κ2) is 5.50. The van der Waals surface area contributed by atoms with Crippen LogP contribution in [0.5, 0.6) is 0 Å². The Bertz CT molecular complexity index is 201. The van der Waals surface area contributed by atoms with E-state index in [4.69, 9.17) is 0 Å². The van der Waals surface area contributed by atoms with E-state index in [-0.39, 0.29) is 6.10 Å². The smallest absolute Gasteiger partial charge is 0.0541 e. The maximum atomic E-state index is 9.49. The van der Waals surface area contributed by atoms with Crippen LogP contribution < -0.4 is 5.32 Å². The summed E-state index contributed by atoms with van der Waals surface area (Å²) in [5.74, 6) is 1.77. The SMILES string of the molecule is CC1CC(C)CC(NC2CCC(O)CC2)C1. The number of aliphatic hydroxyl groups is 1. The van der Waals surface area contributed by atoms with Gasteiger partial charge in [0.25, 0.3) is 0 Å². The van der Waals surface area contributed by atoms with Crippen molar-refractivity contribution < 1.29 is 5.11 Å². The zero-order valence-electron chi connectivity index (χ0n) is 10.8. The van der Waals surface area contributed by atoms with E-state index < -0.39 is 0 Å². The summed E-state index contributed by atoms with van der Waals surface area (Å²) in [5.41, 5.74) is 0. The van der Waals surface area contributed by atoms with Crippen molar-refractivity contribution in [1.29, 1.82) is 0 Å². The van der Waals surface area contributed by atoms with Gasteiger partial charge in [-0.3, -0.25) is 0 Å². The van der Waals surface area contributed by atoms with Gasteiger partial charge in [-0.2, -0.15) is 0 Å². The lowest BCUT2D eigenvalue weighted by Crippen LogP contribution is -2.44. The summed E-state index contributed by atoms with van der Waals surface area (Å²) in [6.45, 7) is 4.77. The van der Waals surface area contributed by atoms with Crippen LogP contribution in [0.1, 0.15) is 58.8 Å². The second-order valence-electron chi connectivity index (χ2n) is 6.29. The van der Waals surface area contributed by atoms with E-state index in [2.05, 4.69) is 19.2 Å². The monoisotopic (exact) mass is 225 g/mol. The molecule has 0 aromatic carbocycles. The molecule has 0 aromatic heterocycles. The molecule has 2 nitrogen and oxygen atoms in total. The molecule has 2 aliphatic carbocycles. The van der Waals surface area contributed by atoms with Crippen molar-refractivity contribution in [2.75, 3.05) is 0 Å². The fraction of sp³-hybridized carbons (Fsp3) is 1.00. The van der Waals surface area contributed by atoms with Crippen molar-refractivity contribution in [3.05, 3.63) is 0 Å². The first kappa shape index (κ1) is 12.4. The average Bonchev–Trinajstić information content (AvgIpc) is 2.20. The van der Waals surface area contributed by atoms with Gasteiger partial charge >= 0.3 is 0 Å². The molecule has 2 unspecified atom stereocenters. The molecule has 0 aliphatic heterocycles. The minimum atomic E-state index is -0.0257. The Hall–Kier alpha value is -0.0800. The van der Waals surface area contributed by atoms with Crippen LogP contribution in [0.4, 0.5) is 0 Å². The lowest BCUT2D eigenvalue weighted by molar-refractivity contribution is 0.108. The lowest BCUT2D eigenvalue weighted by Gasteiger charge is -2.36. The Balaban J connectivity index is 1.76. The van der Waals surface area contributed by atoms with E-state index in [0.29, 0.717) is 6.04 Å². The third-order valence-electron chi connectivity index (χ3n) is 4.35. The van der Waals surface area contributed by atoms with Gasteiger partial charge in [-0.05, 0) is 56.8 Å². The van der Waals surface area contributed by atoms with Gasteiger partial charge in [-0.1, -0.05) is 13.8 Å². The highest BCUT2D eigenvalue weighted by atomic mass is 16.3. The highest BCUT2D eigenvalue weighted by molar-refractivity contribution is 4.85. The van der Waals surface area contributed by atoms with Crippen molar-refractivity contribution in [3.63, 3.8) is 0 Å². The van der Waals surface area contributed by atoms with Crippen LogP contribution in [0.3, 0.4) is 0 Å². The van der Waals surface area contributed by atoms with Gasteiger partial charge in [0.1, 0.15) is 0 Å². The van der Waals surface area contributed by atoms with Gasteiger partial charge in [0.15, 0.2) is 0 Å². The standard InChI is InChI=1S/C14H27NO/c1-10-7-11(2)9-13(8-10)15-12-3-5-14(16)6-4-12/h10-16H,3-9H2,1-2H3. The van der Waals surface area contributed by atoms with Gasteiger partial charge in [0, 0.05) is 12.1 Å². The number of nitrogens with one attached hydrogen (secondary N) is 1. The van der Waals surface area contributed by atoms with Gasteiger partial charge < -0.3 is 10.4 Å². The van der Waals surface area contributed by atoms with Crippen LogP contribution in [0.15, 0.2) is 0 Å². The van der Waals surface area contributed by atoms with Crippen LogP contribution in [0.2, 0.25) is 0 Å². The predicted molar refractivity (Wildman–Crippen MR) is 67.4 cm³/mol. The molecule has 0 amide bonds. The molecule has 16 heavy (non-hydrogen) atoms. The third-order valence-corrected chi connectivity index (χ3v) is 4.35. The van der Waals surface area contributed by atoms with Gasteiger partial charge in [0.05, 0.1) is 6.10 Å². The Morgan fingerprint density at radius 2 is 1.38 bits per heavy atom. The lowest BCUT2D eigenvalue weighted by atomic mass is 9.79. The molecular formula is C14H27NO. The van der Waals surface area contributed by atoms with Crippen molar-refractivity contribution in [2.45, 2.75) is 77.0 Å². The van der Waals surface area contributed by atoms with E-state index >= 15 is 0 Å². The molecule has 94 valence electrons.